The number of methoxy groups -OCH3 is 2. The molecule has 5 heterocycles. The summed E-state index contributed by atoms with van der Waals surface area (Å²) in [5, 5.41) is 4.74. The molecule has 7 rings (SSSR count). The van der Waals surface area contributed by atoms with E-state index in [4.69, 9.17) is 14.2 Å². The molecule has 3 aliphatic rings. The highest BCUT2D eigenvalue weighted by molar-refractivity contribution is 5.96. The molecular formula is C39H46N6O5. The quantitative estimate of drug-likeness (QED) is 0.268. The number of aryl methyl sites for hydroxylation is 1. The van der Waals surface area contributed by atoms with Crippen LogP contribution >= 0.6 is 0 Å². The number of benzene rings is 2. The number of carbonyl (C=O) groups excluding carboxylic acids is 1. The second-order valence-electron chi connectivity index (χ2n) is 13.4. The molecule has 0 aliphatic carbocycles. The largest absolute Gasteiger partial charge is 0.496 e. The molecule has 2 fully saturated rings. The lowest BCUT2D eigenvalue weighted by Crippen LogP contribution is -2.43. The average Bonchev–Trinajstić information content (AvgIpc) is 3.17. The van der Waals surface area contributed by atoms with Crippen LogP contribution in [0.15, 0.2) is 78.1 Å². The van der Waals surface area contributed by atoms with E-state index in [0.717, 1.165) is 96.8 Å². The van der Waals surface area contributed by atoms with Gasteiger partial charge in [0, 0.05) is 87.9 Å². The first-order valence-corrected chi connectivity index (χ1v) is 17.5. The van der Waals surface area contributed by atoms with Crippen LogP contribution in [0.4, 0.5) is 5.69 Å². The molecule has 0 saturated carbocycles. The summed E-state index contributed by atoms with van der Waals surface area (Å²) < 4.78 is 20.0. The highest BCUT2D eigenvalue weighted by Gasteiger charge is 2.29. The molecule has 2 saturated heterocycles. The molecule has 2 aromatic heterocycles. The lowest BCUT2D eigenvalue weighted by molar-refractivity contribution is -0.0629. The molecule has 3 aliphatic heterocycles. The maximum Gasteiger partial charge on any atom is 0.259 e. The fourth-order valence-electron chi connectivity index (χ4n) is 7.41. The number of nitrogens with zero attached hydrogens (tertiary/aromatic N) is 5. The van der Waals surface area contributed by atoms with Crippen molar-refractivity contribution in [1.82, 2.24) is 24.7 Å². The van der Waals surface area contributed by atoms with E-state index >= 15 is 0 Å². The molecule has 0 unspecified atom stereocenters. The van der Waals surface area contributed by atoms with Crippen LogP contribution in [0.5, 0.6) is 11.5 Å². The third-order valence-electron chi connectivity index (χ3n) is 10.2. The number of carbonyl (C=O) groups is 1. The van der Waals surface area contributed by atoms with Crippen molar-refractivity contribution < 1.29 is 19.0 Å². The molecule has 11 heteroatoms. The molecule has 1 N–H and O–H groups in total. The monoisotopic (exact) mass is 678 g/mol. The number of hydrogen-bond acceptors (Lipinski definition) is 9. The number of aromatic nitrogens is 2. The third-order valence-corrected chi connectivity index (χ3v) is 10.2. The van der Waals surface area contributed by atoms with Crippen molar-refractivity contribution in [3.63, 3.8) is 0 Å². The Morgan fingerprint density at radius 3 is 2.34 bits per heavy atom. The van der Waals surface area contributed by atoms with Crippen molar-refractivity contribution in [2.75, 3.05) is 58.5 Å². The molecule has 1 amide bonds. The van der Waals surface area contributed by atoms with Gasteiger partial charge in [-0.1, -0.05) is 12.1 Å². The Hall–Kier alpha value is -4.71. The van der Waals surface area contributed by atoms with Crippen LogP contribution in [0.3, 0.4) is 0 Å². The molecule has 4 aromatic rings. The first-order valence-electron chi connectivity index (χ1n) is 17.5. The maximum atomic E-state index is 13.4. The normalized spacial score (nSPS) is 17.7. The number of nitrogens with one attached hydrogen (secondary N) is 1. The summed E-state index contributed by atoms with van der Waals surface area (Å²) in [5.41, 5.74) is 4.50. The van der Waals surface area contributed by atoms with Crippen molar-refractivity contribution in [3.8, 4) is 22.6 Å². The summed E-state index contributed by atoms with van der Waals surface area (Å²) in [4.78, 5) is 36.8. The molecule has 50 heavy (non-hydrogen) atoms. The zero-order chi connectivity index (χ0) is 34.6. The van der Waals surface area contributed by atoms with Crippen LogP contribution in [-0.2, 0) is 18.3 Å². The number of rotatable bonds is 9. The molecule has 0 spiro atoms. The van der Waals surface area contributed by atoms with Gasteiger partial charge < -0.3 is 28.6 Å². The van der Waals surface area contributed by atoms with Gasteiger partial charge in [-0.3, -0.25) is 24.8 Å². The van der Waals surface area contributed by atoms with Crippen LogP contribution < -0.4 is 25.2 Å². The van der Waals surface area contributed by atoms with Crippen molar-refractivity contribution in [2.45, 2.75) is 44.4 Å². The van der Waals surface area contributed by atoms with E-state index in [0.29, 0.717) is 25.0 Å². The van der Waals surface area contributed by atoms with E-state index in [-0.39, 0.29) is 23.7 Å². The maximum absolute atomic E-state index is 13.4. The number of hydrogen-bond donors (Lipinski definition) is 1. The highest BCUT2D eigenvalue weighted by atomic mass is 16.5. The minimum atomic E-state index is -0.0820. The van der Waals surface area contributed by atoms with Gasteiger partial charge in [-0.15, -0.1) is 0 Å². The number of fused-ring (bicyclic) bond motifs is 1. The average molecular weight is 679 g/mol. The number of amides is 1. The van der Waals surface area contributed by atoms with Gasteiger partial charge in [0.1, 0.15) is 11.5 Å². The van der Waals surface area contributed by atoms with Gasteiger partial charge in [0.2, 0.25) is 0 Å². The summed E-state index contributed by atoms with van der Waals surface area (Å²) in [6.07, 6.45) is 13.3. The number of piperidine rings is 2. The van der Waals surface area contributed by atoms with E-state index in [2.05, 4.69) is 32.4 Å². The van der Waals surface area contributed by atoms with E-state index in [1.54, 1.807) is 38.2 Å². The van der Waals surface area contributed by atoms with Gasteiger partial charge in [-0.25, -0.2) is 0 Å². The predicted molar refractivity (Wildman–Crippen MR) is 195 cm³/mol. The van der Waals surface area contributed by atoms with Gasteiger partial charge in [0.05, 0.1) is 44.0 Å². The minimum Gasteiger partial charge on any atom is -0.496 e. The number of ether oxygens (including phenoxy) is 3. The lowest BCUT2D eigenvalue weighted by Gasteiger charge is -2.37. The Kier molecular flexibility index (Phi) is 10.2. The molecule has 0 atom stereocenters. The fraction of sp³-hybridized carbons (Fsp3) is 0.410. The van der Waals surface area contributed by atoms with Crippen molar-refractivity contribution in [1.29, 1.82) is 0 Å². The first-order chi connectivity index (χ1) is 24.4. The van der Waals surface area contributed by atoms with E-state index in [9.17, 15) is 9.59 Å². The zero-order valence-corrected chi connectivity index (χ0v) is 29.1. The molecular weight excluding hydrogens is 632 g/mol. The second kappa shape index (κ2) is 15.0. The van der Waals surface area contributed by atoms with Gasteiger partial charge >= 0.3 is 0 Å². The summed E-state index contributed by atoms with van der Waals surface area (Å²) in [6, 6.07) is 13.8. The molecule has 0 radical (unpaired) electrons. The summed E-state index contributed by atoms with van der Waals surface area (Å²) in [6.45, 7) is 5.53. The van der Waals surface area contributed by atoms with Crippen molar-refractivity contribution >= 4 is 22.4 Å². The summed E-state index contributed by atoms with van der Waals surface area (Å²) in [7, 11) is 5.13. The van der Waals surface area contributed by atoms with Gasteiger partial charge in [0.25, 0.3) is 11.5 Å². The van der Waals surface area contributed by atoms with Crippen LogP contribution in [0, 0.1) is 0 Å². The Balaban J connectivity index is 0.940. The van der Waals surface area contributed by atoms with Gasteiger partial charge in [0.15, 0.2) is 0 Å². The Labute approximate surface area is 293 Å². The van der Waals surface area contributed by atoms with Gasteiger partial charge in [-0.2, -0.15) is 0 Å². The molecule has 0 bridgehead atoms. The fourth-order valence-corrected chi connectivity index (χ4v) is 7.41. The molecule has 2 aromatic carbocycles. The van der Waals surface area contributed by atoms with Gasteiger partial charge in [-0.05, 0) is 73.0 Å². The molecule has 11 nitrogen and oxygen atoms in total. The summed E-state index contributed by atoms with van der Waals surface area (Å²) in [5.74, 6) is 1.59. The van der Waals surface area contributed by atoms with Crippen LogP contribution in [0.25, 0.3) is 21.9 Å². The Morgan fingerprint density at radius 2 is 1.66 bits per heavy atom. The van der Waals surface area contributed by atoms with Crippen LogP contribution in [0.1, 0.15) is 41.6 Å². The zero-order valence-electron chi connectivity index (χ0n) is 29.1. The third kappa shape index (κ3) is 7.12. The Morgan fingerprint density at radius 1 is 0.940 bits per heavy atom. The molecule has 262 valence electrons. The second-order valence-corrected chi connectivity index (χ2v) is 13.4. The minimum absolute atomic E-state index is 0.0820. The van der Waals surface area contributed by atoms with Crippen LogP contribution in [0.2, 0.25) is 0 Å². The topological polar surface area (TPSA) is 101 Å². The van der Waals surface area contributed by atoms with Crippen molar-refractivity contribution in [2.24, 2.45) is 7.05 Å². The smallest absolute Gasteiger partial charge is 0.259 e. The number of pyridine rings is 2. The highest BCUT2D eigenvalue weighted by Crippen LogP contribution is 2.38. The first kappa shape index (κ1) is 33.8. The predicted octanol–water partition coefficient (Wildman–Crippen LogP) is 4.78. The van der Waals surface area contributed by atoms with E-state index < -0.39 is 0 Å². The van der Waals surface area contributed by atoms with E-state index in [1.165, 1.54) is 0 Å². The Bertz CT molecular complexity index is 1900. The van der Waals surface area contributed by atoms with Crippen LogP contribution in [-0.4, -0.2) is 91.1 Å². The summed E-state index contributed by atoms with van der Waals surface area (Å²) >= 11 is 0. The lowest BCUT2D eigenvalue weighted by atomic mass is 9.98. The number of anilines is 1. The van der Waals surface area contributed by atoms with E-state index in [1.807, 2.05) is 53.6 Å². The standard InChI is InChI=1S/C39H46N6O5/c1-42-24-34(32-8-14-40-23-33(32)39(42)47)28-21-36(48-2)35(37(22-28)49-3)25-43-16-9-30(10-17-43)50-31-11-18-44(19-12-31)38(46)27-6-4-7-29(20-27)45-15-5-13-41-26-45/h4-8,14-15,20-24,30-31,41H,9-13,16-19,25-26H2,1-3H3. The SMILES string of the molecule is COc1cc(-c2cn(C)c(=O)c3cnccc23)cc(OC)c1CN1CCC(OC2CCN(C(=O)c3cccc(N4C=CCNC4)c3)CC2)CC1. The van der Waals surface area contributed by atoms with Crippen molar-refractivity contribution in [3.05, 3.63) is 94.8 Å². The number of likely N-dealkylation sites (tertiary alicyclic amines) is 2.